The minimum Gasteiger partial charge on any atom is -0.340 e. The van der Waals surface area contributed by atoms with E-state index in [1.165, 1.54) is 25.4 Å². The number of nitrogens with zero attached hydrogens (tertiary/aromatic N) is 2. The molecule has 0 unspecified atom stereocenters. The summed E-state index contributed by atoms with van der Waals surface area (Å²) in [5.74, 6) is 0.397. The van der Waals surface area contributed by atoms with Crippen LogP contribution in [0.25, 0.3) is 0 Å². The van der Waals surface area contributed by atoms with Crippen LogP contribution >= 0.6 is 0 Å². The van der Waals surface area contributed by atoms with Crippen molar-refractivity contribution in [2.45, 2.75) is 32.1 Å². The van der Waals surface area contributed by atoms with Crippen LogP contribution in [-0.4, -0.2) is 24.3 Å². The van der Waals surface area contributed by atoms with Crippen LogP contribution in [-0.2, 0) is 21.2 Å². The highest BCUT2D eigenvalue weighted by Crippen LogP contribution is 2.26. The number of nitrogens with one attached hydrogen (secondary N) is 3. The number of carbonyl (C=O) groups excluding carboxylic acids is 1. The first-order valence-corrected chi connectivity index (χ1v) is 10.8. The third-order valence-corrected chi connectivity index (χ3v) is 5.68. The highest BCUT2D eigenvalue weighted by atomic mass is 32.2. The van der Waals surface area contributed by atoms with Crippen molar-refractivity contribution in [1.29, 1.82) is 0 Å². The highest BCUT2D eigenvalue weighted by Gasteiger charge is 2.16. The van der Waals surface area contributed by atoms with Crippen molar-refractivity contribution >= 4 is 38.8 Å². The largest absolute Gasteiger partial charge is 0.340 e. The van der Waals surface area contributed by atoms with E-state index in [4.69, 9.17) is 0 Å². The zero-order valence-electron chi connectivity index (χ0n) is 16.9. The molecule has 0 aliphatic rings. The van der Waals surface area contributed by atoms with E-state index in [0.717, 1.165) is 11.3 Å². The van der Waals surface area contributed by atoms with E-state index in [2.05, 4.69) is 25.3 Å². The van der Waals surface area contributed by atoms with Crippen LogP contribution in [0.2, 0.25) is 0 Å². The van der Waals surface area contributed by atoms with Crippen LogP contribution in [0.4, 0.5) is 22.9 Å². The molecule has 8 nitrogen and oxygen atoms in total. The van der Waals surface area contributed by atoms with Crippen LogP contribution in [0.1, 0.15) is 25.1 Å². The lowest BCUT2D eigenvalue weighted by molar-refractivity contribution is -0.114. The summed E-state index contributed by atoms with van der Waals surface area (Å²) < 4.78 is 28.4. The number of benzene rings is 2. The monoisotopic (exact) mass is 425 g/mol. The third-order valence-electron chi connectivity index (χ3n) is 4.30. The van der Waals surface area contributed by atoms with Gasteiger partial charge >= 0.3 is 0 Å². The molecule has 0 spiro atoms. The van der Waals surface area contributed by atoms with Crippen LogP contribution in [0, 0.1) is 6.92 Å². The molecule has 0 bridgehead atoms. The number of hydrogen-bond donors (Lipinski definition) is 3. The zero-order valence-corrected chi connectivity index (χ0v) is 17.7. The van der Waals surface area contributed by atoms with Crippen molar-refractivity contribution in [2.24, 2.45) is 0 Å². The second-order valence-corrected chi connectivity index (χ2v) is 8.39. The maximum atomic E-state index is 12.9. The predicted molar refractivity (Wildman–Crippen MR) is 117 cm³/mol. The summed E-state index contributed by atoms with van der Waals surface area (Å²) >= 11 is 0. The van der Waals surface area contributed by atoms with Gasteiger partial charge in [-0.3, -0.25) is 9.52 Å². The number of carbonyl (C=O) groups is 1. The summed E-state index contributed by atoms with van der Waals surface area (Å²) in [5.41, 5.74) is 3.39. The highest BCUT2D eigenvalue weighted by molar-refractivity contribution is 7.92. The van der Waals surface area contributed by atoms with Crippen LogP contribution in [0.15, 0.2) is 59.8 Å². The van der Waals surface area contributed by atoms with E-state index in [1.807, 2.05) is 26.0 Å². The Morgan fingerprint density at radius 1 is 1.00 bits per heavy atom. The Morgan fingerprint density at radius 3 is 2.33 bits per heavy atom. The molecule has 0 aliphatic carbocycles. The first-order chi connectivity index (χ1) is 14.3. The lowest BCUT2D eigenvalue weighted by atomic mass is 10.1. The molecule has 3 N–H and O–H groups in total. The molecule has 0 saturated heterocycles. The number of amides is 1. The molecule has 0 radical (unpaired) electrons. The molecular weight excluding hydrogens is 402 g/mol. The number of aromatic nitrogens is 2. The maximum absolute atomic E-state index is 12.9. The lowest BCUT2D eigenvalue weighted by Crippen LogP contribution is -2.14. The molecule has 156 valence electrons. The van der Waals surface area contributed by atoms with Crippen molar-refractivity contribution in [2.75, 3.05) is 15.4 Å². The van der Waals surface area contributed by atoms with Gasteiger partial charge in [-0.1, -0.05) is 13.0 Å². The molecule has 1 amide bonds. The Labute approximate surface area is 175 Å². The first-order valence-electron chi connectivity index (χ1n) is 9.36. The Kier molecular flexibility index (Phi) is 6.31. The number of rotatable bonds is 7. The second-order valence-electron chi connectivity index (χ2n) is 6.71. The average molecular weight is 426 g/mol. The Morgan fingerprint density at radius 2 is 1.70 bits per heavy atom. The van der Waals surface area contributed by atoms with E-state index < -0.39 is 10.0 Å². The third kappa shape index (κ3) is 5.32. The van der Waals surface area contributed by atoms with Gasteiger partial charge in [-0.05, 0) is 55.3 Å². The topological polar surface area (TPSA) is 113 Å². The molecule has 0 atom stereocenters. The Hall–Kier alpha value is -3.46. The van der Waals surface area contributed by atoms with E-state index in [-0.39, 0.29) is 10.8 Å². The van der Waals surface area contributed by atoms with Crippen LogP contribution in [0.3, 0.4) is 0 Å². The molecule has 2 aromatic carbocycles. The summed E-state index contributed by atoms with van der Waals surface area (Å²) in [4.78, 5) is 19.5. The minimum absolute atomic E-state index is 0.100. The van der Waals surface area contributed by atoms with E-state index in [0.29, 0.717) is 29.3 Å². The van der Waals surface area contributed by atoms with Gasteiger partial charge in [0, 0.05) is 30.1 Å². The van der Waals surface area contributed by atoms with Gasteiger partial charge in [-0.2, -0.15) is 0 Å². The van der Waals surface area contributed by atoms with Crippen molar-refractivity contribution in [3.05, 3.63) is 66.1 Å². The number of hydrogen-bond acceptors (Lipinski definition) is 6. The Bertz CT molecular complexity index is 1160. The van der Waals surface area contributed by atoms with Gasteiger partial charge in [0.25, 0.3) is 10.0 Å². The van der Waals surface area contributed by atoms with Gasteiger partial charge in [-0.25, -0.2) is 18.4 Å². The molecule has 3 rings (SSSR count). The van der Waals surface area contributed by atoms with Gasteiger partial charge in [0.05, 0.1) is 10.6 Å². The fourth-order valence-corrected chi connectivity index (χ4v) is 3.94. The van der Waals surface area contributed by atoms with Crippen molar-refractivity contribution < 1.29 is 13.2 Å². The smallest absolute Gasteiger partial charge is 0.261 e. The van der Waals surface area contributed by atoms with Crippen LogP contribution < -0.4 is 15.4 Å². The molecule has 0 saturated carbocycles. The summed E-state index contributed by atoms with van der Waals surface area (Å²) in [6, 6.07) is 13.3. The molecular formula is C21H23N5O3S. The summed E-state index contributed by atoms with van der Waals surface area (Å²) in [6.45, 7) is 5.21. The van der Waals surface area contributed by atoms with Gasteiger partial charge in [0.15, 0.2) is 0 Å². The molecule has 1 aromatic heterocycles. The van der Waals surface area contributed by atoms with Crippen molar-refractivity contribution in [3.8, 4) is 0 Å². The molecule has 3 aromatic rings. The van der Waals surface area contributed by atoms with E-state index in [9.17, 15) is 13.2 Å². The molecule has 0 aliphatic heterocycles. The normalized spacial score (nSPS) is 11.0. The van der Waals surface area contributed by atoms with Crippen LogP contribution in [0.5, 0.6) is 0 Å². The summed E-state index contributed by atoms with van der Waals surface area (Å²) in [5, 5.41) is 5.77. The lowest BCUT2D eigenvalue weighted by Gasteiger charge is -2.15. The quantitative estimate of drug-likeness (QED) is 0.530. The fraction of sp³-hybridized carbons (Fsp3) is 0.190. The van der Waals surface area contributed by atoms with Gasteiger partial charge < -0.3 is 10.6 Å². The van der Waals surface area contributed by atoms with Gasteiger partial charge in [0.1, 0.15) is 12.1 Å². The van der Waals surface area contributed by atoms with E-state index in [1.54, 1.807) is 24.3 Å². The summed E-state index contributed by atoms with van der Waals surface area (Å²) in [7, 11) is -3.80. The zero-order chi connectivity index (χ0) is 21.7. The second kappa shape index (κ2) is 8.91. The minimum atomic E-state index is -3.80. The summed E-state index contributed by atoms with van der Waals surface area (Å²) in [6.07, 6.45) is 2.12. The van der Waals surface area contributed by atoms with E-state index >= 15 is 0 Å². The van der Waals surface area contributed by atoms with Crippen molar-refractivity contribution in [1.82, 2.24) is 9.97 Å². The predicted octanol–water partition coefficient (Wildman–Crippen LogP) is 3.85. The van der Waals surface area contributed by atoms with Gasteiger partial charge in [-0.15, -0.1) is 0 Å². The Balaban J connectivity index is 1.85. The first kappa shape index (κ1) is 21.3. The molecule has 9 heteroatoms. The fourth-order valence-electron chi connectivity index (χ4n) is 2.85. The molecule has 1 heterocycles. The van der Waals surface area contributed by atoms with Crippen molar-refractivity contribution in [3.63, 3.8) is 0 Å². The SMILES string of the molecule is CCc1ccc(Nc2cc(C)ncn2)cc1NS(=O)(=O)c1ccc(NC(C)=O)cc1. The average Bonchev–Trinajstić information content (AvgIpc) is 2.68. The standard InChI is InChI=1S/C21H23N5O3S/c1-4-16-5-6-18(25-21-11-14(2)22-13-23-21)12-20(16)26-30(28,29)19-9-7-17(8-10-19)24-15(3)27/h5-13,26H,4H2,1-3H3,(H,24,27)(H,22,23,25). The number of aryl methyl sites for hydroxylation is 2. The maximum Gasteiger partial charge on any atom is 0.261 e. The molecule has 0 fully saturated rings. The van der Waals surface area contributed by atoms with Gasteiger partial charge in [0.2, 0.25) is 5.91 Å². The number of sulfonamides is 1. The molecule has 30 heavy (non-hydrogen) atoms. The number of anilines is 4.